The smallest absolute Gasteiger partial charge is 0.292 e. The molecule has 0 unspecified atom stereocenters. The van der Waals surface area contributed by atoms with Crippen molar-refractivity contribution in [2.24, 2.45) is 0 Å². The van der Waals surface area contributed by atoms with Gasteiger partial charge in [-0.1, -0.05) is 6.42 Å². The van der Waals surface area contributed by atoms with E-state index in [1.807, 2.05) is 0 Å². The summed E-state index contributed by atoms with van der Waals surface area (Å²) in [6.07, 6.45) is 5.77. The summed E-state index contributed by atoms with van der Waals surface area (Å²) in [5, 5.41) is 0. The predicted octanol–water partition coefficient (Wildman–Crippen LogP) is 1.53. The Bertz CT molecular complexity index is 231. The van der Waals surface area contributed by atoms with Crippen molar-refractivity contribution < 1.29 is 4.42 Å². The summed E-state index contributed by atoms with van der Waals surface area (Å²) in [5.41, 5.74) is 6.51. The number of nitrogens with zero attached hydrogens (tertiary/aromatic N) is 1. The fraction of sp³-hybridized carbons (Fsp3) is 0.625. The zero-order valence-electron chi connectivity index (χ0n) is 6.47. The molecule has 1 aliphatic rings. The number of hydrogen-bond donors (Lipinski definition) is 1. The van der Waals surface area contributed by atoms with E-state index >= 15 is 0 Å². The van der Waals surface area contributed by atoms with Gasteiger partial charge in [0.05, 0.1) is 5.69 Å². The van der Waals surface area contributed by atoms with Crippen LogP contribution in [0.15, 0.2) is 4.42 Å². The summed E-state index contributed by atoms with van der Waals surface area (Å²) >= 11 is 0. The van der Waals surface area contributed by atoms with Crippen LogP contribution in [-0.2, 0) is 12.8 Å². The molecule has 0 amide bonds. The first kappa shape index (κ1) is 6.70. The van der Waals surface area contributed by atoms with Gasteiger partial charge in [0.2, 0.25) is 0 Å². The molecule has 0 aliphatic heterocycles. The van der Waals surface area contributed by atoms with Gasteiger partial charge < -0.3 is 10.2 Å². The van der Waals surface area contributed by atoms with Crippen molar-refractivity contribution in [1.82, 2.24) is 4.98 Å². The Morgan fingerprint density at radius 1 is 1.18 bits per heavy atom. The topological polar surface area (TPSA) is 52.0 Å². The van der Waals surface area contributed by atoms with Crippen molar-refractivity contribution in [3.05, 3.63) is 11.5 Å². The normalized spacial score (nSPS) is 17.5. The molecule has 1 heterocycles. The van der Waals surface area contributed by atoms with Gasteiger partial charge in [0, 0.05) is 6.42 Å². The minimum absolute atomic E-state index is 0.330. The number of aryl methyl sites for hydroxylation is 2. The lowest BCUT2D eigenvalue weighted by molar-refractivity contribution is 0.514. The highest BCUT2D eigenvalue weighted by Gasteiger charge is 2.13. The fourth-order valence-electron chi connectivity index (χ4n) is 1.55. The third kappa shape index (κ3) is 1.23. The maximum Gasteiger partial charge on any atom is 0.292 e. The molecule has 3 heteroatoms. The number of hydrogen-bond acceptors (Lipinski definition) is 3. The van der Waals surface area contributed by atoms with Crippen molar-refractivity contribution >= 4 is 6.01 Å². The number of nitrogens with two attached hydrogens (primary N) is 1. The van der Waals surface area contributed by atoms with Crippen LogP contribution in [-0.4, -0.2) is 4.98 Å². The molecular weight excluding hydrogens is 140 g/mol. The van der Waals surface area contributed by atoms with Crippen LogP contribution in [0.5, 0.6) is 0 Å². The van der Waals surface area contributed by atoms with Gasteiger partial charge in [-0.3, -0.25) is 0 Å². The highest BCUT2D eigenvalue weighted by Crippen LogP contribution is 2.21. The number of anilines is 1. The lowest BCUT2D eigenvalue weighted by Crippen LogP contribution is -1.87. The van der Waals surface area contributed by atoms with Crippen molar-refractivity contribution in [2.75, 3.05) is 5.73 Å². The van der Waals surface area contributed by atoms with Crippen LogP contribution in [0.3, 0.4) is 0 Å². The molecule has 0 saturated heterocycles. The molecular formula is C8H12N2O. The molecule has 60 valence electrons. The van der Waals surface area contributed by atoms with E-state index in [1.54, 1.807) is 0 Å². The van der Waals surface area contributed by atoms with Gasteiger partial charge in [-0.05, 0) is 19.3 Å². The Morgan fingerprint density at radius 2 is 2.00 bits per heavy atom. The monoisotopic (exact) mass is 152 g/mol. The summed E-state index contributed by atoms with van der Waals surface area (Å²) in [7, 11) is 0. The van der Waals surface area contributed by atoms with Crippen LogP contribution in [0.2, 0.25) is 0 Å². The van der Waals surface area contributed by atoms with E-state index in [9.17, 15) is 0 Å². The van der Waals surface area contributed by atoms with Crippen LogP contribution >= 0.6 is 0 Å². The van der Waals surface area contributed by atoms with E-state index < -0.39 is 0 Å². The van der Waals surface area contributed by atoms with E-state index in [0.29, 0.717) is 6.01 Å². The summed E-state index contributed by atoms with van der Waals surface area (Å²) in [5.74, 6) is 1.01. The average molecular weight is 152 g/mol. The second-order valence-corrected chi connectivity index (χ2v) is 2.98. The van der Waals surface area contributed by atoms with Gasteiger partial charge in [-0.25, -0.2) is 0 Å². The summed E-state index contributed by atoms with van der Waals surface area (Å²) in [6.45, 7) is 0. The van der Waals surface area contributed by atoms with Crippen molar-refractivity contribution in [1.29, 1.82) is 0 Å². The van der Waals surface area contributed by atoms with Crippen LogP contribution in [0.1, 0.15) is 30.7 Å². The van der Waals surface area contributed by atoms with Gasteiger partial charge in [-0.2, -0.15) is 4.98 Å². The number of oxazole rings is 1. The lowest BCUT2D eigenvalue weighted by atomic mass is 10.2. The standard InChI is InChI=1S/C8H12N2O/c9-8-10-6-4-2-1-3-5-7(6)11-8/h1-5H2,(H2,9,10). The van der Waals surface area contributed by atoms with E-state index in [4.69, 9.17) is 10.2 Å². The summed E-state index contributed by atoms with van der Waals surface area (Å²) < 4.78 is 5.25. The average Bonchev–Trinajstić information content (AvgIpc) is 2.17. The van der Waals surface area contributed by atoms with Crippen LogP contribution < -0.4 is 5.73 Å². The van der Waals surface area contributed by atoms with E-state index in [-0.39, 0.29) is 0 Å². The first-order chi connectivity index (χ1) is 5.36. The van der Waals surface area contributed by atoms with Gasteiger partial charge in [0.25, 0.3) is 6.01 Å². The van der Waals surface area contributed by atoms with Crippen molar-refractivity contribution in [3.8, 4) is 0 Å². The van der Waals surface area contributed by atoms with Gasteiger partial charge in [0.15, 0.2) is 0 Å². The highest BCUT2D eigenvalue weighted by atomic mass is 16.4. The first-order valence-electron chi connectivity index (χ1n) is 4.10. The maximum atomic E-state index is 5.43. The second-order valence-electron chi connectivity index (χ2n) is 2.98. The number of fused-ring (bicyclic) bond motifs is 1. The van der Waals surface area contributed by atoms with Gasteiger partial charge >= 0.3 is 0 Å². The molecule has 2 N–H and O–H groups in total. The number of aromatic nitrogens is 1. The third-order valence-electron chi connectivity index (χ3n) is 2.11. The molecule has 0 spiro atoms. The van der Waals surface area contributed by atoms with E-state index in [1.165, 1.54) is 19.3 Å². The quantitative estimate of drug-likeness (QED) is 0.573. The molecule has 0 bridgehead atoms. The van der Waals surface area contributed by atoms with Crippen LogP contribution in [0, 0.1) is 0 Å². The third-order valence-corrected chi connectivity index (χ3v) is 2.11. The van der Waals surface area contributed by atoms with Gasteiger partial charge in [0.1, 0.15) is 5.76 Å². The maximum absolute atomic E-state index is 5.43. The molecule has 0 saturated carbocycles. The Balaban J connectivity index is 2.32. The number of rotatable bonds is 0. The molecule has 1 aromatic heterocycles. The molecule has 0 aromatic carbocycles. The van der Waals surface area contributed by atoms with E-state index in [2.05, 4.69) is 4.98 Å². The molecule has 0 fully saturated rings. The molecule has 11 heavy (non-hydrogen) atoms. The minimum Gasteiger partial charge on any atom is -0.429 e. The van der Waals surface area contributed by atoms with Crippen LogP contribution in [0.4, 0.5) is 6.01 Å². The highest BCUT2D eigenvalue weighted by molar-refractivity contribution is 5.21. The number of nitrogen functional groups attached to an aromatic ring is 1. The Hall–Kier alpha value is -0.990. The van der Waals surface area contributed by atoms with Gasteiger partial charge in [-0.15, -0.1) is 0 Å². The minimum atomic E-state index is 0.330. The Morgan fingerprint density at radius 3 is 2.91 bits per heavy atom. The van der Waals surface area contributed by atoms with Crippen LogP contribution in [0.25, 0.3) is 0 Å². The SMILES string of the molecule is Nc1nc2c(o1)CCCCC2. The molecule has 1 aliphatic carbocycles. The van der Waals surface area contributed by atoms with E-state index in [0.717, 1.165) is 24.3 Å². The molecule has 0 radical (unpaired) electrons. The lowest BCUT2D eigenvalue weighted by Gasteiger charge is -1.89. The Kier molecular flexibility index (Phi) is 1.56. The Labute approximate surface area is 65.6 Å². The zero-order chi connectivity index (χ0) is 7.68. The summed E-state index contributed by atoms with van der Waals surface area (Å²) in [6, 6.07) is 0.330. The fourth-order valence-corrected chi connectivity index (χ4v) is 1.55. The molecule has 2 rings (SSSR count). The molecule has 0 atom stereocenters. The summed E-state index contributed by atoms with van der Waals surface area (Å²) in [4.78, 5) is 4.12. The predicted molar refractivity (Wildman–Crippen MR) is 42.2 cm³/mol. The first-order valence-corrected chi connectivity index (χ1v) is 4.10. The molecule has 1 aromatic rings. The van der Waals surface area contributed by atoms with Crippen molar-refractivity contribution in [2.45, 2.75) is 32.1 Å². The molecule has 3 nitrogen and oxygen atoms in total. The van der Waals surface area contributed by atoms with Crippen molar-refractivity contribution in [3.63, 3.8) is 0 Å². The largest absolute Gasteiger partial charge is 0.429 e. The second kappa shape index (κ2) is 2.57. The zero-order valence-corrected chi connectivity index (χ0v) is 6.47.